The summed E-state index contributed by atoms with van der Waals surface area (Å²) < 4.78 is 4.38. The van der Waals surface area contributed by atoms with Crippen LogP contribution in [0.3, 0.4) is 0 Å². The van der Waals surface area contributed by atoms with Crippen molar-refractivity contribution in [3.63, 3.8) is 0 Å². The number of aliphatic hydroxyl groups is 1. The number of benzene rings is 1. The molecule has 1 atom stereocenters. The summed E-state index contributed by atoms with van der Waals surface area (Å²) in [4.78, 5) is 32.0. The van der Waals surface area contributed by atoms with Crippen molar-refractivity contribution < 1.29 is 5.11 Å². The summed E-state index contributed by atoms with van der Waals surface area (Å²) in [6, 6.07) is 9.59. The fourth-order valence-electron chi connectivity index (χ4n) is 3.55. The minimum Gasteiger partial charge on any atom is -0.389 e. The van der Waals surface area contributed by atoms with E-state index in [2.05, 4.69) is 4.98 Å². The Morgan fingerprint density at radius 1 is 1.19 bits per heavy atom. The van der Waals surface area contributed by atoms with Gasteiger partial charge in [-0.1, -0.05) is 25.1 Å². The first-order chi connectivity index (χ1) is 12.5. The number of rotatable bonds is 3. The van der Waals surface area contributed by atoms with E-state index < -0.39 is 6.10 Å². The maximum absolute atomic E-state index is 13.0. The zero-order valence-corrected chi connectivity index (χ0v) is 14.8. The molecule has 4 rings (SSSR count). The number of hydrogen-bond acceptors (Lipinski definition) is 5. The van der Waals surface area contributed by atoms with Crippen molar-refractivity contribution in [3.8, 4) is 0 Å². The lowest BCUT2D eigenvalue weighted by Gasteiger charge is -2.32. The largest absolute Gasteiger partial charge is 0.389 e. The van der Waals surface area contributed by atoms with E-state index >= 15 is 0 Å². The molecule has 1 N–H and O–H groups in total. The van der Waals surface area contributed by atoms with Crippen LogP contribution in [-0.2, 0) is 20.1 Å². The Balaban J connectivity index is 2.03. The number of aliphatic hydroxyl groups excluding tert-OH is 1. The van der Waals surface area contributed by atoms with Crippen molar-refractivity contribution in [1.82, 2.24) is 18.7 Å². The van der Waals surface area contributed by atoms with Crippen LogP contribution < -0.4 is 16.1 Å². The van der Waals surface area contributed by atoms with Gasteiger partial charge in [0.15, 0.2) is 11.2 Å². The van der Waals surface area contributed by atoms with Crippen LogP contribution in [0.25, 0.3) is 11.2 Å². The average Bonchev–Trinajstić information content (AvgIpc) is 3.03. The van der Waals surface area contributed by atoms with E-state index in [1.54, 1.807) is 11.6 Å². The van der Waals surface area contributed by atoms with Gasteiger partial charge in [0.25, 0.3) is 5.56 Å². The number of aromatic nitrogens is 4. The molecule has 3 heterocycles. The predicted molar refractivity (Wildman–Crippen MR) is 99.0 cm³/mol. The van der Waals surface area contributed by atoms with Crippen molar-refractivity contribution in [2.45, 2.75) is 32.5 Å². The highest BCUT2D eigenvalue weighted by Crippen LogP contribution is 2.30. The topological polar surface area (TPSA) is 85.3 Å². The maximum atomic E-state index is 13.0. The number of hydrogen-bond donors (Lipinski definition) is 1. The molecule has 26 heavy (non-hydrogen) atoms. The highest BCUT2D eigenvalue weighted by molar-refractivity contribution is 5.77. The summed E-state index contributed by atoms with van der Waals surface area (Å²) in [6.07, 6.45) is 0.0387. The fourth-order valence-corrected chi connectivity index (χ4v) is 3.55. The molecule has 8 nitrogen and oxygen atoms in total. The van der Waals surface area contributed by atoms with Crippen LogP contribution in [0, 0.1) is 0 Å². The third-order valence-corrected chi connectivity index (χ3v) is 4.76. The van der Waals surface area contributed by atoms with Crippen molar-refractivity contribution in [2.75, 3.05) is 11.4 Å². The first kappa shape index (κ1) is 16.6. The third kappa shape index (κ3) is 2.37. The molecule has 2 aromatic heterocycles. The van der Waals surface area contributed by atoms with Crippen LogP contribution in [0.2, 0.25) is 0 Å². The predicted octanol–water partition coefficient (Wildman–Crippen LogP) is 0.819. The molecule has 3 aromatic rings. The van der Waals surface area contributed by atoms with E-state index in [9.17, 15) is 14.7 Å². The van der Waals surface area contributed by atoms with Crippen LogP contribution in [-0.4, -0.2) is 36.4 Å². The lowest BCUT2D eigenvalue weighted by molar-refractivity contribution is 0.154. The Hall–Kier alpha value is -2.87. The smallest absolute Gasteiger partial charge is 0.332 e. The molecule has 0 aliphatic carbocycles. The zero-order chi connectivity index (χ0) is 18.4. The summed E-state index contributed by atoms with van der Waals surface area (Å²) in [5, 5.41) is 10.4. The minimum atomic E-state index is -0.642. The molecule has 0 saturated carbocycles. The lowest BCUT2D eigenvalue weighted by atomic mass is 10.2. The Kier molecular flexibility index (Phi) is 3.91. The summed E-state index contributed by atoms with van der Waals surface area (Å²) >= 11 is 0. The van der Waals surface area contributed by atoms with Crippen molar-refractivity contribution in [3.05, 3.63) is 51.2 Å². The molecule has 1 aliphatic heterocycles. The highest BCUT2D eigenvalue weighted by Gasteiger charge is 2.30. The van der Waals surface area contributed by atoms with Gasteiger partial charge in [0.1, 0.15) is 0 Å². The monoisotopic (exact) mass is 355 g/mol. The van der Waals surface area contributed by atoms with E-state index in [1.165, 1.54) is 9.13 Å². The normalized spacial score (nSPS) is 16.9. The Morgan fingerprint density at radius 2 is 1.92 bits per heavy atom. The van der Waals surface area contributed by atoms with Crippen LogP contribution in [0.1, 0.15) is 13.3 Å². The van der Waals surface area contributed by atoms with Crippen molar-refractivity contribution in [2.24, 2.45) is 7.05 Å². The number of nitrogens with zero attached hydrogens (tertiary/aromatic N) is 5. The molecule has 0 bridgehead atoms. The van der Waals surface area contributed by atoms with E-state index in [1.807, 2.05) is 42.2 Å². The van der Waals surface area contributed by atoms with E-state index in [4.69, 9.17) is 0 Å². The number of β-amino-alcohol motifs (C(OH)–C–C–N with tert-alkyl or cyclic N) is 1. The standard InChI is InChI=1S/C18H21N5O3/c1-3-9-21-16(25)14-15(20(2)18(21)26)19-17-22(10-13(24)11-23(14)17)12-7-5-4-6-8-12/h4-8,13,24H,3,9-11H2,1-2H3/t13-/m0/s1. The fraction of sp³-hybridized carbons (Fsp3) is 0.389. The Labute approximate surface area is 149 Å². The Morgan fingerprint density at radius 3 is 2.62 bits per heavy atom. The summed E-state index contributed by atoms with van der Waals surface area (Å²) in [5.41, 5.74) is 0.853. The van der Waals surface area contributed by atoms with Gasteiger partial charge in [-0.05, 0) is 18.6 Å². The van der Waals surface area contributed by atoms with Crippen LogP contribution in [0.5, 0.6) is 0 Å². The number of anilines is 2. The second-order valence-corrected chi connectivity index (χ2v) is 6.59. The summed E-state index contributed by atoms with van der Waals surface area (Å²) in [6.45, 7) is 2.93. The number of imidazole rings is 1. The van der Waals surface area contributed by atoms with Gasteiger partial charge in [0.2, 0.25) is 5.95 Å². The molecule has 0 fully saturated rings. The molecule has 0 amide bonds. The van der Waals surface area contributed by atoms with Crippen molar-refractivity contribution in [1.29, 1.82) is 0 Å². The van der Waals surface area contributed by atoms with Gasteiger partial charge in [-0.3, -0.25) is 13.9 Å². The van der Waals surface area contributed by atoms with Gasteiger partial charge >= 0.3 is 5.69 Å². The molecule has 136 valence electrons. The van der Waals surface area contributed by atoms with Gasteiger partial charge in [-0.25, -0.2) is 4.79 Å². The molecular formula is C18H21N5O3. The highest BCUT2D eigenvalue weighted by atomic mass is 16.3. The molecule has 0 saturated heterocycles. The molecule has 1 aromatic carbocycles. The SMILES string of the molecule is CCCn1c(=O)c2c(nc3n2C[C@@H](O)CN3c2ccccc2)n(C)c1=O. The molecule has 0 radical (unpaired) electrons. The van der Waals surface area contributed by atoms with Gasteiger partial charge in [-0.2, -0.15) is 4.98 Å². The van der Waals surface area contributed by atoms with Gasteiger partial charge in [0.05, 0.1) is 19.2 Å². The minimum absolute atomic E-state index is 0.273. The Bertz CT molecular complexity index is 1080. The molecule has 8 heteroatoms. The lowest BCUT2D eigenvalue weighted by Crippen LogP contribution is -2.41. The first-order valence-electron chi connectivity index (χ1n) is 8.73. The van der Waals surface area contributed by atoms with Gasteiger partial charge in [0, 0.05) is 19.3 Å². The summed E-state index contributed by atoms with van der Waals surface area (Å²) in [5.74, 6) is 0.567. The average molecular weight is 355 g/mol. The van der Waals surface area contributed by atoms with Gasteiger partial charge in [-0.15, -0.1) is 0 Å². The third-order valence-electron chi connectivity index (χ3n) is 4.76. The van der Waals surface area contributed by atoms with E-state index in [-0.39, 0.29) is 17.8 Å². The first-order valence-corrected chi connectivity index (χ1v) is 8.73. The zero-order valence-electron chi connectivity index (χ0n) is 14.8. The van der Waals surface area contributed by atoms with Crippen molar-refractivity contribution >= 4 is 22.8 Å². The second-order valence-electron chi connectivity index (χ2n) is 6.59. The number of para-hydroxylation sites is 1. The van der Waals surface area contributed by atoms with Crippen LogP contribution in [0.4, 0.5) is 11.6 Å². The molecule has 1 aliphatic rings. The van der Waals surface area contributed by atoms with Crippen LogP contribution >= 0.6 is 0 Å². The molecule has 0 spiro atoms. The second kappa shape index (κ2) is 6.14. The molecular weight excluding hydrogens is 334 g/mol. The number of aryl methyl sites for hydroxylation is 1. The summed E-state index contributed by atoms with van der Waals surface area (Å²) in [7, 11) is 1.62. The van der Waals surface area contributed by atoms with E-state index in [0.717, 1.165) is 5.69 Å². The van der Waals surface area contributed by atoms with Crippen LogP contribution in [0.15, 0.2) is 39.9 Å². The number of fused-ring (bicyclic) bond motifs is 3. The van der Waals surface area contributed by atoms with Gasteiger partial charge < -0.3 is 14.6 Å². The quantitative estimate of drug-likeness (QED) is 0.752. The van der Waals surface area contributed by atoms with E-state index in [0.29, 0.717) is 36.6 Å². The molecule has 0 unspecified atom stereocenters. The maximum Gasteiger partial charge on any atom is 0.332 e.